The summed E-state index contributed by atoms with van der Waals surface area (Å²) in [4.78, 5) is 26.3. The van der Waals surface area contributed by atoms with Crippen molar-refractivity contribution in [3.05, 3.63) is 53.8 Å². The number of hydrogen-bond acceptors (Lipinski definition) is 5. The minimum absolute atomic E-state index is 0.0647. The van der Waals surface area contributed by atoms with Crippen molar-refractivity contribution in [2.75, 3.05) is 19.1 Å². The van der Waals surface area contributed by atoms with Crippen LogP contribution in [0.5, 0.6) is 11.5 Å². The van der Waals surface area contributed by atoms with Crippen LogP contribution in [0, 0.1) is 6.92 Å². The highest BCUT2D eigenvalue weighted by Gasteiger charge is 2.27. The lowest BCUT2D eigenvalue weighted by molar-refractivity contribution is -0.116. The fourth-order valence-electron chi connectivity index (χ4n) is 2.86. The zero-order valence-electron chi connectivity index (χ0n) is 15.0. The van der Waals surface area contributed by atoms with E-state index in [-0.39, 0.29) is 5.76 Å². The molecule has 0 aliphatic heterocycles. The van der Waals surface area contributed by atoms with Gasteiger partial charge in [-0.2, -0.15) is 0 Å². The first-order valence-corrected chi connectivity index (χ1v) is 8.02. The lowest BCUT2D eigenvalue weighted by Gasteiger charge is -2.20. The zero-order chi connectivity index (χ0) is 18.8. The number of nitrogens with zero attached hydrogens (tertiary/aromatic N) is 1. The Bertz CT molecular complexity index is 989. The Hall–Kier alpha value is -3.28. The minimum Gasteiger partial charge on any atom is -0.497 e. The first-order chi connectivity index (χ1) is 12.5. The summed E-state index contributed by atoms with van der Waals surface area (Å²) in [5.74, 6) is 0.366. The number of carbonyl (C=O) groups is 2. The second kappa shape index (κ2) is 6.92. The van der Waals surface area contributed by atoms with Gasteiger partial charge in [0.2, 0.25) is 5.91 Å². The van der Waals surface area contributed by atoms with Crippen molar-refractivity contribution in [2.24, 2.45) is 0 Å². The average Bonchev–Trinajstić information content (AvgIpc) is 3.07. The van der Waals surface area contributed by atoms with Gasteiger partial charge in [0.1, 0.15) is 17.1 Å². The van der Waals surface area contributed by atoms with Gasteiger partial charge in [-0.05, 0) is 42.8 Å². The van der Waals surface area contributed by atoms with Crippen LogP contribution < -0.4 is 14.4 Å². The molecule has 3 aromatic rings. The number of anilines is 1. The Morgan fingerprint density at radius 1 is 1.04 bits per heavy atom. The normalized spacial score (nSPS) is 10.6. The summed E-state index contributed by atoms with van der Waals surface area (Å²) in [7, 11) is 3.11. The van der Waals surface area contributed by atoms with Gasteiger partial charge in [-0.15, -0.1) is 0 Å². The van der Waals surface area contributed by atoms with Gasteiger partial charge in [-0.25, -0.2) is 4.90 Å². The number of methoxy groups -OCH3 is 2. The number of rotatable bonds is 4. The zero-order valence-corrected chi connectivity index (χ0v) is 15.0. The molecule has 1 heterocycles. The van der Waals surface area contributed by atoms with E-state index in [1.165, 1.54) is 6.92 Å². The monoisotopic (exact) mass is 353 g/mol. The average molecular weight is 353 g/mol. The number of amides is 2. The molecular formula is C20H19NO5. The molecule has 0 atom stereocenters. The fraction of sp³-hybridized carbons (Fsp3) is 0.200. The van der Waals surface area contributed by atoms with Gasteiger partial charge in [-0.1, -0.05) is 6.07 Å². The molecule has 0 radical (unpaired) electrons. The standard InChI is InChI=1S/C20H19NO5/c1-12-10-14(24-3)8-9-16(12)21(13(2)22)20(23)19-11-15-17(25-4)6-5-7-18(15)26-19/h5-11H,1-4H3. The molecule has 0 saturated carbocycles. The molecule has 0 bridgehead atoms. The van der Waals surface area contributed by atoms with Crippen molar-refractivity contribution in [2.45, 2.75) is 13.8 Å². The molecule has 0 N–H and O–H groups in total. The molecule has 134 valence electrons. The summed E-state index contributed by atoms with van der Waals surface area (Å²) in [6.45, 7) is 3.15. The molecule has 26 heavy (non-hydrogen) atoms. The summed E-state index contributed by atoms with van der Waals surface area (Å²) in [6.07, 6.45) is 0. The molecular weight excluding hydrogens is 334 g/mol. The second-order valence-electron chi connectivity index (χ2n) is 5.79. The van der Waals surface area contributed by atoms with Crippen molar-refractivity contribution in [3.63, 3.8) is 0 Å². The van der Waals surface area contributed by atoms with E-state index in [2.05, 4.69) is 0 Å². The molecule has 0 fully saturated rings. The van der Waals surface area contributed by atoms with E-state index in [4.69, 9.17) is 13.9 Å². The van der Waals surface area contributed by atoms with Gasteiger partial charge >= 0.3 is 5.91 Å². The third-order valence-corrected chi connectivity index (χ3v) is 4.12. The largest absolute Gasteiger partial charge is 0.497 e. The lowest BCUT2D eigenvalue weighted by Crippen LogP contribution is -2.35. The maximum Gasteiger partial charge on any atom is 0.300 e. The first-order valence-electron chi connectivity index (χ1n) is 8.02. The smallest absolute Gasteiger partial charge is 0.300 e. The number of benzene rings is 2. The van der Waals surface area contributed by atoms with Crippen LogP contribution >= 0.6 is 0 Å². The third-order valence-electron chi connectivity index (χ3n) is 4.12. The molecule has 6 nitrogen and oxygen atoms in total. The lowest BCUT2D eigenvalue weighted by atomic mass is 10.1. The van der Waals surface area contributed by atoms with Crippen molar-refractivity contribution in [3.8, 4) is 11.5 Å². The van der Waals surface area contributed by atoms with Gasteiger partial charge < -0.3 is 13.9 Å². The van der Waals surface area contributed by atoms with Crippen molar-refractivity contribution < 1.29 is 23.5 Å². The highest BCUT2D eigenvalue weighted by molar-refractivity contribution is 6.20. The van der Waals surface area contributed by atoms with E-state index in [9.17, 15) is 9.59 Å². The van der Waals surface area contributed by atoms with Crippen LogP contribution in [-0.2, 0) is 4.79 Å². The molecule has 1 aromatic heterocycles. The third kappa shape index (κ3) is 3.01. The predicted octanol–water partition coefficient (Wildman–Crippen LogP) is 3.95. The van der Waals surface area contributed by atoms with Gasteiger partial charge in [-0.3, -0.25) is 9.59 Å². The van der Waals surface area contributed by atoms with Crippen LogP contribution in [-0.4, -0.2) is 26.0 Å². The fourth-order valence-corrected chi connectivity index (χ4v) is 2.86. The summed E-state index contributed by atoms with van der Waals surface area (Å²) < 4.78 is 16.1. The molecule has 0 spiro atoms. The molecule has 0 saturated heterocycles. The topological polar surface area (TPSA) is 69.0 Å². The molecule has 0 aliphatic rings. The van der Waals surface area contributed by atoms with E-state index in [0.29, 0.717) is 28.2 Å². The number of furan rings is 1. The van der Waals surface area contributed by atoms with E-state index in [0.717, 1.165) is 10.5 Å². The van der Waals surface area contributed by atoms with Gasteiger partial charge in [0.05, 0.1) is 25.3 Å². The molecule has 0 unspecified atom stereocenters. The number of carbonyl (C=O) groups excluding carboxylic acids is 2. The summed E-state index contributed by atoms with van der Waals surface area (Å²) in [5, 5.41) is 0.674. The Labute approximate surface area is 150 Å². The second-order valence-corrected chi connectivity index (χ2v) is 5.79. The summed E-state index contributed by atoms with van der Waals surface area (Å²) in [5.41, 5.74) is 1.74. The Kier molecular flexibility index (Phi) is 4.67. The van der Waals surface area contributed by atoms with Gasteiger partial charge in [0.15, 0.2) is 5.76 Å². The van der Waals surface area contributed by atoms with Gasteiger partial charge in [0, 0.05) is 13.0 Å². The van der Waals surface area contributed by atoms with Crippen LogP contribution in [0.4, 0.5) is 5.69 Å². The number of aryl methyl sites for hydroxylation is 1. The maximum atomic E-state index is 13.0. The molecule has 2 aromatic carbocycles. The number of ether oxygens (including phenoxy) is 2. The molecule has 2 amide bonds. The number of imide groups is 1. The molecule has 6 heteroatoms. The van der Waals surface area contributed by atoms with Crippen molar-refractivity contribution in [1.82, 2.24) is 0 Å². The number of hydrogen-bond donors (Lipinski definition) is 0. The van der Waals surface area contributed by atoms with Crippen LogP contribution in [0.15, 0.2) is 46.9 Å². The van der Waals surface area contributed by atoms with E-state index < -0.39 is 11.8 Å². The van der Waals surface area contributed by atoms with Crippen LogP contribution in [0.3, 0.4) is 0 Å². The highest BCUT2D eigenvalue weighted by atomic mass is 16.5. The summed E-state index contributed by atoms with van der Waals surface area (Å²) in [6, 6.07) is 12.0. The predicted molar refractivity (Wildman–Crippen MR) is 98.0 cm³/mol. The number of fused-ring (bicyclic) bond motifs is 1. The quantitative estimate of drug-likeness (QED) is 0.710. The van der Waals surface area contributed by atoms with Gasteiger partial charge in [0.25, 0.3) is 0 Å². The van der Waals surface area contributed by atoms with E-state index in [1.807, 2.05) is 6.92 Å². The summed E-state index contributed by atoms with van der Waals surface area (Å²) >= 11 is 0. The Balaban J connectivity index is 2.06. The van der Waals surface area contributed by atoms with E-state index in [1.54, 1.807) is 56.7 Å². The van der Waals surface area contributed by atoms with Crippen LogP contribution in [0.2, 0.25) is 0 Å². The van der Waals surface area contributed by atoms with Crippen LogP contribution in [0.1, 0.15) is 23.0 Å². The highest BCUT2D eigenvalue weighted by Crippen LogP contribution is 2.31. The maximum absolute atomic E-state index is 13.0. The molecule has 0 aliphatic carbocycles. The van der Waals surface area contributed by atoms with Crippen LogP contribution in [0.25, 0.3) is 11.0 Å². The van der Waals surface area contributed by atoms with Crippen molar-refractivity contribution in [1.29, 1.82) is 0 Å². The SMILES string of the molecule is COc1ccc(N(C(C)=O)C(=O)c2cc3c(OC)cccc3o2)c(C)c1. The minimum atomic E-state index is -0.538. The Morgan fingerprint density at radius 3 is 2.42 bits per heavy atom. The van der Waals surface area contributed by atoms with Crippen molar-refractivity contribution >= 4 is 28.5 Å². The first kappa shape index (κ1) is 17.5. The Morgan fingerprint density at radius 2 is 1.81 bits per heavy atom. The van der Waals surface area contributed by atoms with E-state index >= 15 is 0 Å². The molecule has 3 rings (SSSR count).